The lowest BCUT2D eigenvalue weighted by Crippen LogP contribution is -2.49. The normalized spacial score (nSPS) is 22.4. The van der Waals surface area contributed by atoms with Crippen LogP contribution in [-0.2, 0) is 11.3 Å². The first-order valence-electron chi connectivity index (χ1n) is 5.80. The molecule has 0 aromatic carbocycles. The maximum Gasteiger partial charge on any atom is 0.0794 e. The zero-order chi connectivity index (χ0) is 11.2. The summed E-state index contributed by atoms with van der Waals surface area (Å²) in [6, 6.07) is 0.496. The number of likely N-dealkylation sites (N-methyl/N-ethyl adjacent to an activating group) is 1. The summed E-state index contributed by atoms with van der Waals surface area (Å²) in [4.78, 5) is 7.94. The summed E-state index contributed by atoms with van der Waals surface area (Å²) in [5.41, 5.74) is 1.90. The summed E-state index contributed by atoms with van der Waals surface area (Å²) >= 11 is 1.73. The van der Waals surface area contributed by atoms with E-state index in [0.29, 0.717) is 6.04 Å². The van der Waals surface area contributed by atoms with E-state index in [1.807, 2.05) is 11.7 Å². The molecule has 0 amide bonds. The molecular formula is C11H19N3OS. The zero-order valence-corrected chi connectivity index (χ0v) is 10.5. The van der Waals surface area contributed by atoms with Gasteiger partial charge in [-0.15, -0.1) is 11.3 Å². The summed E-state index contributed by atoms with van der Waals surface area (Å²) in [6.07, 6.45) is 1.96. The van der Waals surface area contributed by atoms with Crippen LogP contribution in [-0.4, -0.2) is 48.8 Å². The van der Waals surface area contributed by atoms with E-state index < -0.39 is 0 Å². The summed E-state index contributed by atoms with van der Waals surface area (Å²) in [5.74, 6) is 0. The van der Waals surface area contributed by atoms with Gasteiger partial charge in [-0.2, -0.15) is 0 Å². The summed E-state index contributed by atoms with van der Waals surface area (Å²) in [5, 5.41) is 3.39. The maximum atomic E-state index is 5.53. The fourth-order valence-electron chi connectivity index (χ4n) is 1.92. The van der Waals surface area contributed by atoms with Crippen molar-refractivity contribution in [2.24, 2.45) is 0 Å². The third kappa shape index (κ3) is 3.25. The Morgan fingerprint density at radius 1 is 1.69 bits per heavy atom. The topological polar surface area (TPSA) is 37.4 Å². The van der Waals surface area contributed by atoms with Crippen molar-refractivity contribution >= 4 is 11.3 Å². The number of aromatic nitrogens is 1. The van der Waals surface area contributed by atoms with Crippen LogP contribution in [0.15, 0.2) is 11.7 Å². The van der Waals surface area contributed by atoms with Crippen LogP contribution in [0.4, 0.5) is 0 Å². The van der Waals surface area contributed by atoms with Gasteiger partial charge in [0.05, 0.1) is 18.7 Å². The Morgan fingerprint density at radius 2 is 2.62 bits per heavy atom. The number of rotatable bonds is 5. The summed E-state index contributed by atoms with van der Waals surface area (Å²) in [7, 11) is 0. The molecule has 0 aliphatic carbocycles. The number of nitrogens with one attached hydrogen (secondary N) is 1. The van der Waals surface area contributed by atoms with E-state index in [4.69, 9.17) is 4.74 Å². The maximum absolute atomic E-state index is 5.53. The predicted molar refractivity (Wildman–Crippen MR) is 65.7 cm³/mol. The van der Waals surface area contributed by atoms with Gasteiger partial charge in [0.1, 0.15) is 0 Å². The Kier molecular flexibility index (Phi) is 4.71. The standard InChI is InChI=1S/C11H19N3OS/c1-2-12-5-10-8-15-4-3-14(10)7-11-6-13-9-16-11/h6,9-10,12H,2-5,7-8H2,1H3. The van der Waals surface area contributed by atoms with Gasteiger partial charge in [-0.05, 0) is 6.54 Å². The molecule has 1 unspecified atom stereocenters. The fourth-order valence-corrected chi connectivity index (χ4v) is 2.54. The van der Waals surface area contributed by atoms with Gasteiger partial charge in [-0.1, -0.05) is 6.92 Å². The Hall–Kier alpha value is -0.490. The molecule has 1 aromatic heterocycles. The molecule has 5 heteroatoms. The molecule has 1 atom stereocenters. The average molecular weight is 241 g/mol. The first kappa shape index (κ1) is 12.0. The predicted octanol–water partition coefficient (Wildman–Crippen LogP) is 0.953. The monoisotopic (exact) mass is 241 g/mol. The van der Waals surface area contributed by atoms with Crippen molar-refractivity contribution in [3.8, 4) is 0 Å². The van der Waals surface area contributed by atoms with Crippen LogP contribution in [0.2, 0.25) is 0 Å². The van der Waals surface area contributed by atoms with Crippen molar-refractivity contribution < 1.29 is 4.74 Å². The number of thiazole rings is 1. The third-order valence-corrected chi connectivity index (χ3v) is 3.59. The van der Waals surface area contributed by atoms with Crippen LogP contribution in [0.25, 0.3) is 0 Å². The SMILES string of the molecule is CCNCC1COCCN1Cc1cncs1. The Morgan fingerprint density at radius 3 is 3.38 bits per heavy atom. The molecule has 1 aliphatic heterocycles. The van der Waals surface area contributed by atoms with E-state index in [0.717, 1.165) is 39.4 Å². The van der Waals surface area contributed by atoms with Gasteiger partial charge in [0.25, 0.3) is 0 Å². The third-order valence-electron chi connectivity index (χ3n) is 2.82. The van der Waals surface area contributed by atoms with Gasteiger partial charge < -0.3 is 10.1 Å². The quantitative estimate of drug-likeness (QED) is 0.833. The van der Waals surface area contributed by atoms with Crippen molar-refractivity contribution in [3.63, 3.8) is 0 Å². The largest absolute Gasteiger partial charge is 0.378 e. The lowest BCUT2D eigenvalue weighted by Gasteiger charge is -2.35. The second-order valence-electron chi connectivity index (χ2n) is 3.97. The van der Waals surface area contributed by atoms with E-state index in [9.17, 15) is 0 Å². The van der Waals surface area contributed by atoms with Gasteiger partial charge in [-0.3, -0.25) is 9.88 Å². The number of hydrogen-bond acceptors (Lipinski definition) is 5. The molecule has 90 valence electrons. The Bertz CT molecular complexity index is 291. The lowest BCUT2D eigenvalue weighted by molar-refractivity contribution is -0.0103. The minimum atomic E-state index is 0.496. The van der Waals surface area contributed by atoms with Crippen LogP contribution in [0.1, 0.15) is 11.8 Å². The van der Waals surface area contributed by atoms with E-state index in [2.05, 4.69) is 22.1 Å². The first-order valence-corrected chi connectivity index (χ1v) is 6.68. The number of morpholine rings is 1. The Balaban J connectivity index is 1.88. The molecule has 16 heavy (non-hydrogen) atoms. The average Bonchev–Trinajstić information content (AvgIpc) is 2.81. The van der Waals surface area contributed by atoms with Crippen LogP contribution < -0.4 is 5.32 Å². The Labute approximate surface area is 101 Å². The molecule has 2 rings (SSSR count). The molecule has 1 aromatic rings. The smallest absolute Gasteiger partial charge is 0.0794 e. The highest BCUT2D eigenvalue weighted by atomic mass is 32.1. The van der Waals surface area contributed by atoms with Crippen molar-refractivity contribution in [3.05, 3.63) is 16.6 Å². The molecular weight excluding hydrogens is 222 g/mol. The van der Waals surface area contributed by atoms with E-state index in [1.54, 1.807) is 11.3 Å². The minimum absolute atomic E-state index is 0.496. The molecule has 2 heterocycles. The van der Waals surface area contributed by atoms with Crippen LogP contribution in [0, 0.1) is 0 Å². The van der Waals surface area contributed by atoms with Gasteiger partial charge in [0.2, 0.25) is 0 Å². The van der Waals surface area contributed by atoms with E-state index in [1.165, 1.54) is 4.88 Å². The number of hydrogen-bond donors (Lipinski definition) is 1. The zero-order valence-electron chi connectivity index (χ0n) is 9.69. The molecule has 4 nitrogen and oxygen atoms in total. The molecule has 1 saturated heterocycles. The van der Waals surface area contributed by atoms with Crippen molar-refractivity contribution in [2.75, 3.05) is 32.8 Å². The first-order chi connectivity index (χ1) is 7.90. The van der Waals surface area contributed by atoms with Crippen LogP contribution >= 0.6 is 11.3 Å². The van der Waals surface area contributed by atoms with E-state index >= 15 is 0 Å². The van der Waals surface area contributed by atoms with Crippen LogP contribution in [0.3, 0.4) is 0 Å². The molecule has 0 radical (unpaired) electrons. The second kappa shape index (κ2) is 6.30. The molecule has 0 spiro atoms. The molecule has 0 saturated carbocycles. The highest BCUT2D eigenvalue weighted by Crippen LogP contribution is 2.14. The minimum Gasteiger partial charge on any atom is -0.378 e. The number of nitrogens with zero attached hydrogens (tertiary/aromatic N) is 2. The molecule has 1 fully saturated rings. The van der Waals surface area contributed by atoms with Crippen molar-refractivity contribution in [2.45, 2.75) is 19.5 Å². The molecule has 1 N–H and O–H groups in total. The lowest BCUT2D eigenvalue weighted by atomic mass is 10.2. The fraction of sp³-hybridized carbons (Fsp3) is 0.727. The second-order valence-corrected chi connectivity index (χ2v) is 4.95. The van der Waals surface area contributed by atoms with Gasteiger partial charge >= 0.3 is 0 Å². The van der Waals surface area contributed by atoms with Crippen LogP contribution in [0.5, 0.6) is 0 Å². The highest BCUT2D eigenvalue weighted by molar-refractivity contribution is 7.09. The van der Waals surface area contributed by atoms with E-state index in [-0.39, 0.29) is 0 Å². The molecule has 0 bridgehead atoms. The highest BCUT2D eigenvalue weighted by Gasteiger charge is 2.22. The van der Waals surface area contributed by atoms with Gasteiger partial charge in [-0.25, -0.2) is 0 Å². The summed E-state index contributed by atoms with van der Waals surface area (Å²) in [6.45, 7) is 7.88. The molecule has 1 aliphatic rings. The van der Waals surface area contributed by atoms with Gasteiger partial charge in [0.15, 0.2) is 0 Å². The summed E-state index contributed by atoms with van der Waals surface area (Å²) < 4.78 is 5.53. The van der Waals surface area contributed by atoms with Gasteiger partial charge in [0, 0.05) is 36.8 Å². The van der Waals surface area contributed by atoms with Crippen molar-refractivity contribution in [1.82, 2.24) is 15.2 Å². The number of ether oxygens (including phenoxy) is 1. The van der Waals surface area contributed by atoms with Crippen molar-refractivity contribution in [1.29, 1.82) is 0 Å².